The monoisotopic (exact) mass is 253 g/mol. The number of carbonyl (C=O) groups is 1. The summed E-state index contributed by atoms with van der Waals surface area (Å²) in [6.07, 6.45) is 2.90. The van der Waals surface area contributed by atoms with Crippen molar-refractivity contribution >= 4 is 6.09 Å². The molecule has 0 aromatic carbocycles. The van der Waals surface area contributed by atoms with Crippen molar-refractivity contribution in [3.63, 3.8) is 0 Å². The van der Waals surface area contributed by atoms with E-state index in [9.17, 15) is 4.79 Å². The van der Waals surface area contributed by atoms with Gasteiger partial charge in [-0.2, -0.15) is 0 Å². The third-order valence-electron chi connectivity index (χ3n) is 2.36. The van der Waals surface area contributed by atoms with Crippen molar-refractivity contribution in [2.75, 3.05) is 0 Å². The van der Waals surface area contributed by atoms with Gasteiger partial charge >= 0.3 is 6.09 Å². The molecule has 0 aliphatic carbocycles. The Balaban J connectivity index is 2.79. The molecule has 0 saturated carbocycles. The maximum absolute atomic E-state index is 11.8. The van der Waals surface area contributed by atoms with E-state index >= 15 is 0 Å². The van der Waals surface area contributed by atoms with E-state index in [1.165, 1.54) is 0 Å². The van der Waals surface area contributed by atoms with Crippen LogP contribution in [0.4, 0.5) is 4.79 Å². The lowest BCUT2D eigenvalue weighted by Gasteiger charge is -2.31. The molecule has 0 bridgehead atoms. The van der Waals surface area contributed by atoms with Crippen molar-refractivity contribution in [2.24, 2.45) is 5.41 Å². The molecule has 1 heterocycles. The third-order valence-corrected chi connectivity index (χ3v) is 2.36. The molecule has 1 atom stereocenters. The SMILES string of the molecule is CC(C)(C)OC(=O)NC(c1cnc[nH]1)C(C)(C)C. The van der Waals surface area contributed by atoms with Gasteiger partial charge in [0.2, 0.25) is 0 Å². The molecule has 2 N–H and O–H groups in total. The van der Waals surface area contributed by atoms with Crippen molar-refractivity contribution in [2.45, 2.75) is 53.2 Å². The smallest absolute Gasteiger partial charge is 0.408 e. The minimum atomic E-state index is -0.500. The quantitative estimate of drug-likeness (QED) is 0.851. The van der Waals surface area contributed by atoms with Crippen LogP contribution in [0, 0.1) is 5.41 Å². The normalized spacial score (nSPS) is 14.1. The number of amides is 1. The number of carbonyl (C=O) groups excluding carboxylic acids is 1. The topological polar surface area (TPSA) is 67.0 Å². The highest BCUT2D eigenvalue weighted by molar-refractivity contribution is 5.68. The molecule has 1 rings (SSSR count). The molecule has 18 heavy (non-hydrogen) atoms. The average Bonchev–Trinajstić information content (AvgIpc) is 2.61. The van der Waals surface area contributed by atoms with Gasteiger partial charge in [0.05, 0.1) is 24.3 Å². The molecule has 102 valence electrons. The number of hydrogen-bond donors (Lipinski definition) is 2. The summed E-state index contributed by atoms with van der Waals surface area (Å²) in [5, 5.41) is 2.88. The molecular formula is C13H23N3O2. The average molecular weight is 253 g/mol. The van der Waals surface area contributed by atoms with Crippen LogP contribution in [0.5, 0.6) is 0 Å². The van der Waals surface area contributed by atoms with Crippen LogP contribution in [0.1, 0.15) is 53.3 Å². The predicted molar refractivity (Wildman–Crippen MR) is 70.2 cm³/mol. The van der Waals surface area contributed by atoms with Gasteiger partial charge in [-0.1, -0.05) is 20.8 Å². The molecule has 0 spiro atoms. The second-order valence-corrected chi connectivity index (χ2v) is 6.45. The molecular weight excluding hydrogens is 230 g/mol. The number of aromatic amines is 1. The van der Waals surface area contributed by atoms with E-state index in [2.05, 4.69) is 36.1 Å². The van der Waals surface area contributed by atoms with Crippen molar-refractivity contribution in [3.05, 3.63) is 18.2 Å². The Morgan fingerprint density at radius 1 is 1.33 bits per heavy atom. The van der Waals surface area contributed by atoms with Crippen molar-refractivity contribution in [3.8, 4) is 0 Å². The highest BCUT2D eigenvalue weighted by Crippen LogP contribution is 2.31. The Hall–Kier alpha value is -1.52. The number of nitrogens with zero attached hydrogens (tertiary/aromatic N) is 1. The van der Waals surface area contributed by atoms with E-state index in [1.807, 2.05) is 20.8 Å². The van der Waals surface area contributed by atoms with Gasteiger partial charge in [0.25, 0.3) is 0 Å². The fraction of sp³-hybridized carbons (Fsp3) is 0.692. The summed E-state index contributed by atoms with van der Waals surface area (Å²) in [5.74, 6) is 0. The van der Waals surface area contributed by atoms with Gasteiger partial charge in [0.15, 0.2) is 0 Å². The largest absolute Gasteiger partial charge is 0.444 e. The van der Waals surface area contributed by atoms with Crippen LogP contribution in [0.25, 0.3) is 0 Å². The number of ether oxygens (including phenoxy) is 1. The second kappa shape index (κ2) is 5.00. The zero-order chi connectivity index (χ0) is 14.0. The fourth-order valence-electron chi connectivity index (χ4n) is 1.61. The molecule has 0 saturated heterocycles. The number of aromatic nitrogens is 2. The standard InChI is InChI=1S/C13H23N3O2/c1-12(2,3)10(9-7-14-8-15-9)16-11(17)18-13(4,5)6/h7-8,10H,1-6H3,(H,14,15)(H,16,17). The van der Waals surface area contributed by atoms with E-state index in [0.29, 0.717) is 0 Å². The van der Waals surface area contributed by atoms with Gasteiger partial charge in [-0.25, -0.2) is 9.78 Å². The van der Waals surface area contributed by atoms with Crippen molar-refractivity contribution in [1.29, 1.82) is 0 Å². The maximum atomic E-state index is 11.8. The van der Waals surface area contributed by atoms with Crippen LogP contribution in [0.3, 0.4) is 0 Å². The van der Waals surface area contributed by atoms with Crippen LogP contribution >= 0.6 is 0 Å². The summed E-state index contributed by atoms with van der Waals surface area (Å²) in [4.78, 5) is 18.9. The second-order valence-electron chi connectivity index (χ2n) is 6.45. The van der Waals surface area contributed by atoms with Crippen LogP contribution in [-0.2, 0) is 4.74 Å². The maximum Gasteiger partial charge on any atom is 0.408 e. The molecule has 1 aromatic heterocycles. The highest BCUT2D eigenvalue weighted by atomic mass is 16.6. The molecule has 0 aliphatic heterocycles. The van der Waals surface area contributed by atoms with Crippen LogP contribution in [-0.4, -0.2) is 21.7 Å². The molecule has 5 nitrogen and oxygen atoms in total. The summed E-state index contributed by atoms with van der Waals surface area (Å²) in [7, 11) is 0. The van der Waals surface area contributed by atoms with Gasteiger partial charge < -0.3 is 15.0 Å². The first-order valence-electron chi connectivity index (χ1n) is 6.07. The molecule has 0 aliphatic rings. The Morgan fingerprint density at radius 3 is 2.33 bits per heavy atom. The highest BCUT2D eigenvalue weighted by Gasteiger charge is 2.30. The summed E-state index contributed by atoms with van der Waals surface area (Å²) in [5.41, 5.74) is 0.234. The first-order valence-corrected chi connectivity index (χ1v) is 6.07. The Bertz CT molecular complexity index is 385. The van der Waals surface area contributed by atoms with E-state index < -0.39 is 11.7 Å². The number of imidazole rings is 1. The number of hydrogen-bond acceptors (Lipinski definition) is 3. The fourth-order valence-corrected chi connectivity index (χ4v) is 1.61. The molecule has 1 unspecified atom stereocenters. The molecule has 0 fully saturated rings. The van der Waals surface area contributed by atoms with Gasteiger partial charge in [0.1, 0.15) is 5.60 Å². The first-order chi connectivity index (χ1) is 8.09. The molecule has 1 aromatic rings. The molecule has 0 radical (unpaired) electrons. The number of nitrogens with one attached hydrogen (secondary N) is 2. The lowest BCUT2D eigenvalue weighted by Crippen LogP contribution is -2.40. The van der Waals surface area contributed by atoms with Gasteiger partial charge in [-0.3, -0.25) is 0 Å². The number of H-pyrrole nitrogens is 1. The Kier molecular flexibility index (Phi) is 4.04. The van der Waals surface area contributed by atoms with E-state index in [-0.39, 0.29) is 11.5 Å². The summed E-state index contributed by atoms with van der Waals surface area (Å²) >= 11 is 0. The van der Waals surface area contributed by atoms with Gasteiger partial charge in [0, 0.05) is 0 Å². The summed E-state index contributed by atoms with van der Waals surface area (Å²) < 4.78 is 5.28. The summed E-state index contributed by atoms with van der Waals surface area (Å²) in [6.45, 7) is 11.7. The van der Waals surface area contributed by atoms with E-state index in [1.54, 1.807) is 12.5 Å². The van der Waals surface area contributed by atoms with Gasteiger partial charge in [-0.15, -0.1) is 0 Å². The van der Waals surface area contributed by atoms with E-state index in [4.69, 9.17) is 4.74 Å². The third kappa shape index (κ3) is 4.39. The summed E-state index contributed by atoms with van der Waals surface area (Å²) in [6, 6.07) is -0.171. The Labute approximate surface area is 108 Å². The van der Waals surface area contributed by atoms with Crippen molar-refractivity contribution < 1.29 is 9.53 Å². The molecule has 5 heteroatoms. The predicted octanol–water partition coefficient (Wildman–Crippen LogP) is 3.02. The minimum absolute atomic E-state index is 0.135. The zero-order valence-electron chi connectivity index (χ0n) is 12.0. The Morgan fingerprint density at radius 2 is 1.94 bits per heavy atom. The lowest BCUT2D eigenvalue weighted by atomic mass is 9.85. The minimum Gasteiger partial charge on any atom is -0.444 e. The first kappa shape index (κ1) is 14.5. The van der Waals surface area contributed by atoms with E-state index in [0.717, 1.165) is 5.69 Å². The zero-order valence-corrected chi connectivity index (χ0v) is 12.0. The number of rotatable bonds is 2. The number of alkyl carbamates (subject to hydrolysis) is 1. The molecule has 1 amide bonds. The van der Waals surface area contributed by atoms with Gasteiger partial charge in [-0.05, 0) is 26.2 Å². The van der Waals surface area contributed by atoms with Crippen LogP contribution < -0.4 is 5.32 Å². The lowest BCUT2D eigenvalue weighted by molar-refractivity contribution is 0.0460. The van der Waals surface area contributed by atoms with Crippen LogP contribution in [0.2, 0.25) is 0 Å². The van der Waals surface area contributed by atoms with Crippen molar-refractivity contribution in [1.82, 2.24) is 15.3 Å². The van der Waals surface area contributed by atoms with Crippen LogP contribution in [0.15, 0.2) is 12.5 Å².